The van der Waals surface area contributed by atoms with Crippen molar-refractivity contribution < 1.29 is 9.73 Å². The number of hydrogen-bond donors (Lipinski definition) is 1. The fourth-order valence-electron chi connectivity index (χ4n) is 1.55. The van der Waals surface area contributed by atoms with Gasteiger partial charge in [0, 0.05) is 12.8 Å². The molecule has 0 amide bonds. The monoisotopic (exact) mass is 200 g/mol. The minimum absolute atomic E-state index is 0.415. The molecule has 0 saturated carbocycles. The standard InChI is InChI=1S/C8H13N3OS/c1-2-13-8-11-10-7(12-8)6-4-3-5-9-6/h6,9H,2-5H2,1H3/p+1/t6-/m0/s1. The number of aromatic nitrogens is 2. The molecule has 0 spiro atoms. The number of nitrogens with zero attached hydrogens (tertiary/aromatic N) is 2. The number of thioether (sulfide) groups is 1. The van der Waals surface area contributed by atoms with Crippen LogP contribution in [0.5, 0.6) is 0 Å². The summed E-state index contributed by atoms with van der Waals surface area (Å²) in [6, 6.07) is 0.415. The van der Waals surface area contributed by atoms with Crippen LogP contribution in [-0.2, 0) is 0 Å². The van der Waals surface area contributed by atoms with Crippen molar-refractivity contribution in [3.05, 3.63) is 5.89 Å². The molecule has 1 aromatic heterocycles. The van der Waals surface area contributed by atoms with Crippen LogP contribution in [0.15, 0.2) is 9.64 Å². The van der Waals surface area contributed by atoms with Gasteiger partial charge in [-0.25, -0.2) is 0 Å². The molecule has 2 N–H and O–H groups in total. The Balaban J connectivity index is 2.03. The van der Waals surface area contributed by atoms with Crippen molar-refractivity contribution in [1.82, 2.24) is 10.2 Å². The zero-order valence-electron chi connectivity index (χ0n) is 7.69. The lowest BCUT2D eigenvalue weighted by Gasteiger charge is -1.98. The van der Waals surface area contributed by atoms with Crippen LogP contribution in [0.25, 0.3) is 0 Å². The first-order valence-corrected chi connectivity index (χ1v) is 5.68. The summed E-state index contributed by atoms with van der Waals surface area (Å²) in [5.41, 5.74) is 0. The molecule has 1 aliphatic heterocycles. The summed E-state index contributed by atoms with van der Waals surface area (Å²) >= 11 is 1.60. The molecule has 2 rings (SSSR count). The minimum atomic E-state index is 0.415. The predicted molar refractivity (Wildman–Crippen MR) is 49.5 cm³/mol. The average molecular weight is 200 g/mol. The van der Waals surface area contributed by atoms with Crippen molar-refractivity contribution in [2.24, 2.45) is 0 Å². The van der Waals surface area contributed by atoms with Gasteiger partial charge in [0.2, 0.25) is 0 Å². The predicted octanol–water partition coefficient (Wildman–Crippen LogP) is 0.580. The zero-order valence-corrected chi connectivity index (χ0v) is 8.51. The second-order valence-corrected chi connectivity index (χ2v) is 4.33. The Bertz CT molecular complexity index is 270. The van der Waals surface area contributed by atoms with Gasteiger partial charge in [0.25, 0.3) is 11.1 Å². The zero-order chi connectivity index (χ0) is 9.10. The van der Waals surface area contributed by atoms with Crippen molar-refractivity contribution >= 4 is 11.8 Å². The van der Waals surface area contributed by atoms with E-state index in [-0.39, 0.29) is 0 Å². The van der Waals surface area contributed by atoms with Gasteiger partial charge in [-0.2, -0.15) is 0 Å². The van der Waals surface area contributed by atoms with E-state index in [4.69, 9.17) is 4.42 Å². The molecular weight excluding hydrogens is 186 g/mol. The summed E-state index contributed by atoms with van der Waals surface area (Å²) in [5.74, 6) is 1.78. The van der Waals surface area contributed by atoms with E-state index in [9.17, 15) is 0 Å². The Morgan fingerprint density at radius 2 is 2.54 bits per heavy atom. The summed E-state index contributed by atoms with van der Waals surface area (Å²) in [6.07, 6.45) is 2.42. The summed E-state index contributed by atoms with van der Waals surface area (Å²) in [7, 11) is 0. The first-order chi connectivity index (χ1) is 6.40. The number of nitrogens with two attached hydrogens (primary N) is 1. The Morgan fingerprint density at radius 3 is 3.23 bits per heavy atom. The Labute approximate surface area is 81.5 Å². The third-order valence-electron chi connectivity index (χ3n) is 2.18. The van der Waals surface area contributed by atoms with Gasteiger partial charge >= 0.3 is 0 Å². The van der Waals surface area contributed by atoms with Crippen molar-refractivity contribution in [3.8, 4) is 0 Å². The van der Waals surface area contributed by atoms with E-state index in [0.29, 0.717) is 11.3 Å². The third kappa shape index (κ3) is 2.03. The number of hydrogen-bond acceptors (Lipinski definition) is 4. The van der Waals surface area contributed by atoms with E-state index in [2.05, 4.69) is 22.4 Å². The molecule has 0 aliphatic carbocycles. The minimum Gasteiger partial charge on any atom is -0.410 e. The van der Waals surface area contributed by atoms with Gasteiger partial charge in [0.1, 0.15) is 0 Å². The maximum Gasteiger partial charge on any atom is 0.276 e. The second kappa shape index (κ2) is 4.11. The van der Waals surface area contributed by atoms with Gasteiger partial charge in [-0.15, -0.1) is 10.2 Å². The lowest BCUT2D eigenvalue weighted by atomic mass is 10.2. The maximum absolute atomic E-state index is 5.52. The topological polar surface area (TPSA) is 55.5 Å². The SMILES string of the molecule is CCSc1nnc([C@@H]2CCC[NH2+]2)o1. The molecule has 5 heteroatoms. The van der Waals surface area contributed by atoms with Gasteiger partial charge in [0.05, 0.1) is 6.54 Å². The van der Waals surface area contributed by atoms with Crippen LogP contribution in [0.1, 0.15) is 31.7 Å². The normalized spacial score (nSPS) is 22.4. The van der Waals surface area contributed by atoms with Gasteiger partial charge in [-0.05, 0) is 5.75 Å². The Hall–Kier alpha value is -0.550. The van der Waals surface area contributed by atoms with Crippen LogP contribution in [0, 0.1) is 0 Å². The Kier molecular flexibility index (Phi) is 2.85. The number of quaternary nitrogens is 1. The Morgan fingerprint density at radius 1 is 1.62 bits per heavy atom. The fraction of sp³-hybridized carbons (Fsp3) is 0.750. The summed E-state index contributed by atoms with van der Waals surface area (Å²) in [5, 5.41) is 11.0. The van der Waals surface area contributed by atoms with Gasteiger partial charge in [-0.1, -0.05) is 18.7 Å². The van der Waals surface area contributed by atoms with Crippen LogP contribution in [0.3, 0.4) is 0 Å². The fourth-order valence-corrected chi connectivity index (χ4v) is 2.04. The van der Waals surface area contributed by atoms with Crippen LogP contribution < -0.4 is 5.32 Å². The lowest BCUT2D eigenvalue weighted by Crippen LogP contribution is -2.81. The second-order valence-electron chi connectivity index (χ2n) is 3.11. The first kappa shape index (κ1) is 9.02. The first-order valence-electron chi connectivity index (χ1n) is 4.69. The molecule has 2 heterocycles. The van der Waals surface area contributed by atoms with Crippen molar-refractivity contribution in [2.45, 2.75) is 31.0 Å². The van der Waals surface area contributed by atoms with Crippen LogP contribution in [-0.4, -0.2) is 22.5 Å². The largest absolute Gasteiger partial charge is 0.410 e. The van der Waals surface area contributed by atoms with Gasteiger partial charge in [0.15, 0.2) is 6.04 Å². The molecule has 0 bridgehead atoms. The molecule has 1 aromatic rings. The molecule has 0 radical (unpaired) electrons. The van der Waals surface area contributed by atoms with Crippen LogP contribution >= 0.6 is 11.8 Å². The highest BCUT2D eigenvalue weighted by Crippen LogP contribution is 2.20. The molecule has 4 nitrogen and oxygen atoms in total. The highest BCUT2D eigenvalue weighted by molar-refractivity contribution is 7.99. The maximum atomic E-state index is 5.52. The highest BCUT2D eigenvalue weighted by Gasteiger charge is 2.25. The lowest BCUT2D eigenvalue weighted by molar-refractivity contribution is -0.678. The summed E-state index contributed by atoms with van der Waals surface area (Å²) < 4.78 is 5.52. The van der Waals surface area contributed by atoms with Gasteiger partial charge < -0.3 is 9.73 Å². The van der Waals surface area contributed by atoms with E-state index >= 15 is 0 Å². The van der Waals surface area contributed by atoms with E-state index < -0.39 is 0 Å². The average Bonchev–Trinajstić information content (AvgIpc) is 2.70. The van der Waals surface area contributed by atoms with Crippen molar-refractivity contribution in [3.63, 3.8) is 0 Å². The van der Waals surface area contributed by atoms with Crippen molar-refractivity contribution in [1.29, 1.82) is 0 Å². The van der Waals surface area contributed by atoms with Crippen LogP contribution in [0.4, 0.5) is 0 Å². The van der Waals surface area contributed by atoms with E-state index in [1.165, 1.54) is 19.4 Å². The quantitative estimate of drug-likeness (QED) is 0.725. The van der Waals surface area contributed by atoms with E-state index in [1.807, 2.05) is 0 Å². The third-order valence-corrected chi connectivity index (χ3v) is 2.88. The molecule has 13 heavy (non-hydrogen) atoms. The number of rotatable bonds is 3. The molecule has 0 aromatic carbocycles. The smallest absolute Gasteiger partial charge is 0.276 e. The van der Waals surface area contributed by atoms with E-state index in [1.54, 1.807) is 11.8 Å². The van der Waals surface area contributed by atoms with Crippen LogP contribution in [0.2, 0.25) is 0 Å². The summed E-state index contributed by atoms with van der Waals surface area (Å²) in [6.45, 7) is 3.26. The summed E-state index contributed by atoms with van der Waals surface area (Å²) in [4.78, 5) is 0. The molecule has 1 saturated heterocycles. The molecular formula is C8H14N3OS+. The van der Waals surface area contributed by atoms with Gasteiger partial charge in [-0.3, -0.25) is 0 Å². The highest BCUT2D eigenvalue weighted by atomic mass is 32.2. The van der Waals surface area contributed by atoms with Crippen molar-refractivity contribution in [2.75, 3.05) is 12.3 Å². The molecule has 1 aliphatic rings. The molecule has 1 fully saturated rings. The van der Waals surface area contributed by atoms with E-state index in [0.717, 1.165) is 11.6 Å². The molecule has 0 unspecified atom stereocenters. The molecule has 72 valence electrons. The molecule has 1 atom stereocenters.